The topological polar surface area (TPSA) is 20.2 Å². The van der Waals surface area contributed by atoms with Gasteiger partial charge in [0.25, 0.3) is 0 Å². The SMILES string of the molecule is Oc1ccccc1SCc1ccc(Cl)c(F)c1. The molecule has 0 aliphatic rings. The average molecular weight is 269 g/mol. The van der Waals surface area contributed by atoms with Crippen LogP contribution < -0.4 is 0 Å². The van der Waals surface area contributed by atoms with Crippen molar-refractivity contribution in [2.24, 2.45) is 0 Å². The number of phenolic OH excluding ortho intramolecular Hbond substituents is 1. The van der Waals surface area contributed by atoms with Crippen molar-refractivity contribution < 1.29 is 9.50 Å². The maximum Gasteiger partial charge on any atom is 0.142 e. The number of hydrogen-bond acceptors (Lipinski definition) is 2. The van der Waals surface area contributed by atoms with Gasteiger partial charge in [0.1, 0.15) is 11.6 Å². The minimum Gasteiger partial charge on any atom is -0.507 e. The standard InChI is InChI=1S/C13H10ClFOS/c14-10-6-5-9(7-11(10)15)8-17-13-4-2-1-3-12(13)16/h1-7,16H,8H2. The second kappa shape index (κ2) is 5.43. The summed E-state index contributed by atoms with van der Waals surface area (Å²) >= 11 is 7.06. The van der Waals surface area contributed by atoms with Crippen LogP contribution in [0.4, 0.5) is 4.39 Å². The van der Waals surface area contributed by atoms with E-state index in [0.29, 0.717) is 5.75 Å². The molecule has 0 aliphatic heterocycles. The van der Waals surface area contributed by atoms with E-state index in [-0.39, 0.29) is 10.8 Å². The molecule has 0 fully saturated rings. The number of thioether (sulfide) groups is 1. The van der Waals surface area contributed by atoms with Gasteiger partial charge in [-0.05, 0) is 29.8 Å². The van der Waals surface area contributed by atoms with E-state index in [1.165, 1.54) is 23.9 Å². The highest BCUT2D eigenvalue weighted by atomic mass is 35.5. The van der Waals surface area contributed by atoms with Gasteiger partial charge in [-0.15, -0.1) is 11.8 Å². The third-order valence-electron chi connectivity index (χ3n) is 2.24. The Hall–Kier alpha value is -1.19. The van der Waals surface area contributed by atoms with Crippen molar-refractivity contribution in [1.29, 1.82) is 0 Å². The van der Waals surface area contributed by atoms with Gasteiger partial charge < -0.3 is 5.11 Å². The van der Waals surface area contributed by atoms with E-state index in [1.54, 1.807) is 18.2 Å². The highest BCUT2D eigenvalue weighted by Gasteiger charge is 2.04. The Balaban J connectivity index is 2.08. The maximum absolute atomic E-state index is 13.2. The largest absolute Gasteiger partial charge is 0.507 e. The van der Waals surface area contributed by atoms with Crippen molar-refractivity contribution in [1.82, 2.24) is 0 Å². The summed E-state index contributed by atoms with van der Waals surface area (Å²) in [7, 11) is 0. The number of phenols is 1. The van der Waals surface area contributed by atoms with E-state index >= 15 is 0 Å². The first-order chi connectivity index (χ1) is 8.16. The number of rotatable bonds is 3. The Morgan fingerprint density at radius 3 is 2.65 bits per heavy atom. The molecule has 88 valence electrons. The molecular formula is C13H10ClFOS. The van der Waals surface area contributed by atoms with E-state index in [2.05, 4.69) is 0 Å². The van der Waals surface area contributed by atoms with Crippen LogP contribution in [0.2, 0.25) is 5.02 Å². The van der Waals surface area contributed by atoms with Crippen LogP contribution in [-0.2, 0) is 5.75 Å². The van der Waals surface area contributed by atoms with Gasteiger partial charge in [-0.3, -0.25) is 0 Å². The van der Waals surface area contributed by atoms with Gasteiger partial charge in [0.15, 0.2) is 0 Å². The van der Waals surface area contributed by atoms with Crippen molar-refractivity contribution in [3.63, 3.8) is 0 Å². The van der Waals surface area contributed by atoms with Crippen molar-refractivity contribution in [3.05, 3.63) is 58.9 Å². The summed E-state index contributed by atoms with van der Waals surface area (Å²) in [6.07, 6.45) is 0. The molecule has 0 bridgehead atoms. The predicted molar refractivity (Wildman–Crippen MR) is 69.1 cm³/mol. The van der Waals surface area contributed by atoms with Gasteiger partial charge >= 0.3 is 0 Å². The quantitative estimate of drug-likeness (QED) is 0.829. The zero-order valence-corrected chi connectivity index (χ0v) is 10.4. The van der Waals surface area contributed by atoms with Crippen LogP contribution in [0.15, 0.2) is 47.4 Å². The smallest absolute Gasteiger partial charge is 0.142 e. The summed E-state index contributed by atoms with van der Waals surface area (Å²) in [5.74, 6) is 0.417. The summed E-state index contributed by atoms with van der Waals surface area (Å²) in [5.41, 5.74) is 0.833. The van der Waals surface area contributed by atoms with E-state index in [0.717, 1.165) is 10.5 Å². The van der Waals surface area contributed by atoms with Gasteiger partial charge in [-0.2, -0.15) is 0 Å². The number of benzene rings is 2. The second-order valence-corrected chi connectivity index (χ2v) is 4.93. The van der Waals surface area contributed by atoms with Gasteiger partial charge in [0, 0.05) is 10.6 Å². The van der Waals surface area contributed by atoms with Crippen molar-refractivity contribution in [2.75, 3.05) is 0 Å². The highest BCUT2D eigenvalue weighted by Crippen LogP contribution is 2.30. The molecule has 0 aromatic heterocycles. The summed E-state index contributed by atoms with van der Waals surface area (Å²) in [6, 6.07) is 11.8. The molecule has 1 nitrogen and oxygen atoms in total. The first-order valence-corrected chi connectivity index (χ1v) is 6.38. The number of aromatic hydroxyl groups is 1. The van der Waals surface area contributed by atoms with E-state index < -0.39 is 5.82 Å². The molecule has 0 saturated carbocycles. The minimum absolute atomic E-state index is 0.126. The lowest BCUT2D eigenvalue weighted by molar-refractivity contribution is 0.462. The fourth-order valence-electron chi connectivity index (χ4n) is 1.37. The van der Waals surface area contributed by atoms with E-state index in [9.17, 15) is 9.50 Å². The Kier molecular flexibility index (Phi) is 3.92. The van der Waals surface area contributed by atoms with Crippen molar-refractivity contribution in [2.45, 2.75) is 10.6 Å². The van der Waals surface area contributed by atoms with Crippen LogP contribution >= 0.6 is 23.4 Å². The van der Waals surface area contributed by atoms with Gasteiger partial charge in [0.2, 0.25) is 0 Å². The monoisotopic (exact) mass is 268 g/mol. The average Bonchev–Trinajstić information content (AvgIpc) is 2.32. The van der Waals surface area contributed by atoms with Gasteiger partial charge in [0.05, 0.1) is 5.02 Å². The van der Waals surface area contributed by atoms with Crippen LogP contribution in [0, 0.1) is 5.82 Å². The number of para-hydroxylation sites is 1. The molecule has 0 atom stereocenters. The van der Waals surface area contributed by atoms with Crippen molar-refractivity contribution >= 4 is 23.4 Å². The molecule has 2 aromatic rings. The fraction of sp³-hybridized carbons (Fsp3) is 0.0769. The van der Waals surface area contributed by atoms with Crippen molar-refractivity contribution in [3.8, 4) is 5.75 Å². The highest BCUT2D eigenvalue weighted by molar-refractivity contribution is 7.98. The summed E-state index contributed by atoms with van der Waals surface area (Å²) < 4.78 is 13.2. The predicted octanol–water partition coefficient (Wildman–Crippen LogP) is 4.48. The molecule has 0 unspecified atom stereocenters. The molecule has 0 amide bonds. The molecule has 0 heterocycles. The molecule has 0 saturated heterocycles. The Morgan fingerprint density at radius 2 is 1.94 bits per heavy atom. The van der Waals surface area contributed by atoms with Gasteiger partial charge in [-0.25, -0.2) is 4.39 Å². The van der Waals surface area contributed by atoms with Crippen LogP contribution in [0.3, 0.4) is 0 Å². The Morgan fingerprint density at radius 1 is 1.18 bits per heavy atom. The first kappa shape index (κ1) is 12.3. The minimum atomic E-state index is -0.415. The lowest BCUT2D eigenvalue weighted by atomic mass is 10.2. The number of halogens is 2. The van der Waals surface area contributed by atoms with E-state index in [4.69, 9.17) is 11.6 Å². The fourth-order valence-corrected chi connectivity index (χ4v) is 2.38. The van der Waals surface area contributed by atoms with Crippen LogP contribution in [0.1, 0.15) is 5.56 Å². The maximum atomic E-state index is 13.2. The van der Waals surface area contributed by atoms with E-state index in [1.807, 2.05) is 12.1 Å². The van der Waals surface area contributed by atoms with Gasteiger partial charge in [-0.1, -0.05) is 29.8 Å². The second-order valence-electron chi connectivity index (χ2n) is 3.50. The molecule has 17 heavy (non-hydrogen) atoms. The zero-order valence-electron chi connectivity index (χ0n) is 8.86. The Labute approximate surface area is 108 Å². The molecule has 1 N–H and O–H groups in total. The molecular weight excluding hydrogens is 259 g/mol. The normalized spacial score (nSPS) is 10.5. The Bertz CT molecular complexity index is 531. The lowest BCUT2D eigenvalue weighted by Crippen LogP contribution is -1.84. The zero-order chi connectivity index (χ0) is 12.3. The number of hydrogen-bond donors (Lipinski definition) is 1. The first-order valence-electron chi connectivity index (χ1n) is 5.01. The molecule has 0 aliphatic carbocycles. The van der Waals surface area contributed by atoms with Crippen LogP contribution in [-0.4, -0.2) is 5.11 Å². The van der Waals surface area contributed by atoms with Crippen LogP contribution in [0.5, 0.6) is 5.75 Å². The summed E-state index contributed by atoms with van der Waals surface area (Å²) in [5, 5.41) is 9.70. The molecule has 2 rings (SSSR count). The molecule has 4 heteroatoms. The van der Waals surface area contributed by atoms with Crippen LogP contribution in [0.25, 0.3) is 0 Å². The third-order valence-corrected chi connectivity index (χ3v) is 3.68. The molecule has 0 spiro atoms. The summed E-state index contributed by atoms with van der Waals surface area (Å²) in [6.45, 7) is 0. The third kappa shape index (κ3) is 3.14. The summed E-state index contributed by atoms with van der Waals surface area (Å²) in [4.78, 5) is 0.780. The molecule has 0 radical (unpaired) electrons. The lowest BCUT2D eigenvalue weighted by Gasteiger charge is -2.04. The molecule has 2 aromatic carbocycles.